The minimum absolute atomic E-state index is 0.0485. The molecule has 1 atom stereocenters. The third kappa shape index (κ3) is 1.88. The number of rotatable bonds is 3. The molecular weight excluding hydrogens is 306 g/mol. The molecule has 0 aromatic heterocycles. The van der Waals surface area contributed by atoms with Crippen molar-refractivity contribution in [3.8, 4) is 11.5 Å². The van der Waals surface area contributed by atoms with Crippen LogP contribution >= 0.6 is 0 Å². The molecule has 2 heterocycles. The van der Waals surface area contributed by atoms with Gasteiger partial charge in [-0.15, -0.1) is 0 Å². The number of hydrogen-bond acceptors (Lipinski definition) is 5. The molecule has 1 aromatic rings. The highest BCUT2D eigenvalue weighted by molar-refractivity contribution is 6.05. The van der Waals surface area contributed by atoms with E-state index in [1.807, 2.05) is 6.08 Å². The predicted molar refractivity (Wildman–Crippen MR) is 89.3 cm³/mol. The molecule has 3 aliphatic rings. The van der Waals surface area contributed by atoms with Gasteiger partial charge in [0.15, 0.2) is 17.3 Å². The zero-order chi connectivity index (χ0) is 16.9. The van der Waals surface area contributed by atoms with E-state index < -0.39 is 5.54 Å². The van der Waals surface area contributed by atoms with E-state index in [1.165, 1.54) is 5.56 Å². The summed E-state index contributed by atoms with van der Waals surface area (Å²) in [5, 5.41) is 0. The van der Waals surface area contributed by atoms with Crippen molar-refractivity contribution in [1.82, 2.24) is 4.90 Å². The van der Waals surface area contributed by atoms with E-state index >= 15 is 0 Å². The maximum atomic E-state index is 12.2. The molecule has 1 fully saturated rings. The van der Waals surface area contributed by atoms with Crippen LogP contribution in [-0.4, -0.2) is 45.1 Å². The van der Waals surface area contributed by atoms with Crippen LogP contribution in [0.2, 0.25) is 0 Å². The third-order valence-electron chi connectivity index (χ3n) is 5.42. The molecule has 0 amide bonds. The summed E-state index contributed by atoms with van der Waals surface area (Å²) < 4.78 is 16.3. The molecule has 5 nitrogen and oxygen atoms in total. The van der Waals surface area contributed by atoms with Gasteiger partial charge in [0, 0.05) is 13.1 Å². The molecule has 1 saturated heterocycles. The van der Waals surface area contributed by atoms with Gasteiger partial charge in [-0.1, -0.05) is 0 Å². The van der Waals surface area contributed by atoms with Crippen molar-refractivity contribution < 1.29 is 19.0 Å². The Morgan fingerprint density at radius 1 is 1.00 bits per heavy atom. The first-order valence-electron chi connectivity index (χ1n) is 8.16. The Bertz CT molecular complexity index is 780. The fourth-order valence-corrected chi connectivity index (χ4v) is 4.29. The number of carbonyl (C=O) groups excluding carboxylic acids is 1. The van der Waals surface area contributed by atoms with Crippen LogP contribution in [-0.2, 0) is 21.5 Å². The van der Waals surface area contributed by atoms with Gasteiger partial charge in [-0.25, -0.2) is 0 Å². The number of hydrogen-bond donors (Lipinski definition) is 0. The lowest BCUT2D eigenvalue weighted by Crippen LogP contribution is -2.47. The van der Waals surface area contributed by atoms with E-state index in [2.05, 4.69) is 17.0 Å². The van der Waals surface area contributed by atoms with Crippen LogP contribution < -0.4 is 9.47 Å². The Balaban J connectivity index is 1.98. The molecule has 1 aliphatic carbocycles. The van der Waals surface area contributed by atoms with Crippen LogP contribution in [0.1, 0.15) is 17.5 Å². The van der Waals surface area contributed by atoms with E-state index in [4.69, 9.17) is 14.2 Å². The summed E-state index contributed by atoms with van der Waals surface area (Å²) in [6.45, 7) is 1.89. The SMILES string of the molecule is COC1=CC23C(=CC1=O)CCN2CCc1cc(OC)c(OC)cc13. The molecule has 0 N–H and O–H groups in total. The standard InChI is InChI=1S/C19H21NO4/c1-22-16-8-12-4-6-20-7-5-13-9-15(21)18(24-3)11-19(13,20)14(12)10-17(16)23-2/h8-11H,4-7H2,1-3H3. The molecule has 1 spiro atoms. The summed E-state index contributed by atoms with van der Waals surface area (Å²) in [6, 6.07) is 4.12. The zero-order valence-electron chi connectivity index (χ0n) is 14.2. The average molecular weight is 327 g/mol. The second-order valence-corrected chi connectivity index (χ2v) is 6.36. The lowest BCUT2D eigenvalue weighted by Gasteiger charge is -2.44. The molecule has 0 radical (unpaired) electrons. The second-order valence-electron chi connectivity index (χ2n) is 6.36. The second kappa shape index (κ2) is 5.38. The highest BCUT2D eigenvalue weighted by atomic mass is 16.5. The first-order valence-corrected chi connectivity index (χ1v) is 8.16. The lowest BCUT2D eigenvalue weighted by atomic mass is 9.74. The fourth-order valence-electron chi connectivity index (χ4n) is 4.29. The van der Waals surface area contributed by atoms with Crippen molar-refractivity contribution in [3.05, 3.63) is 46.7 Å². The van der Waals surface area contributed by atoms with Crippen LogP contribution in [0, 0.1) is 0 Å². The van der Waals surface area contributed by atoms with Gasteiger partial charge in [-0.05, 0) is 53.8 Å². The Labute approximate surface area is 141 Å². The van der Waals surface area contributed by atoms with Gasteiger partial charge >= 0.3 is 0 Å². The Hall–Kier alpha value is -2.27. The summed E-state index contributed by atoms with van der Waals surface area (Å²) in [5.41, 5.74) is 3.14. The van der Waals surface area contributed by atoms with Crippen LogP contribution in [0.15, 0.2) is 35.6 Å². The van der Waals surface area contributed by atoms with E-state index in [9.17, 15) is 4.79 Å². The van der Waals surface area contributed by atoms with Crippen molar-refractivity contribution in [2.45, 2.75) is 18.4 Å². The van der Waals surface area contributed by atoms with Gasteiger partial charge in [0.05, 0.1) is 26.9 Å². The summed E-state index contributed by atoms with van der Waals surface area (Å²) in [5.74, 6) is 1.82. The maximum Gasteiger partial charge on any atom is 0.220 e. The van der Waals surface area contributed by atoms with Gasteiger partial charge in [0.1, 0.15) is 0 Å². The van der Waals surface area contributed by atoms with E-state index in [0.29, 0.717) is 11.5 Å². The number of carbonyl (C=O) groups is 1. The van der Waals surface area contributed by atoms with Crippen LogP contribution in [0.3, 0.4) is 0 Å². The van der Waals surface area contributed by atoms with Crippen molar-refractivity contribution in [3.63, 3.8) is 0 Å². The van der Waals surface area contributed by atoms with E-state index in [0.717, 1.165) is 42.8 Å². The molecular formula is C19H21NO4. The summed E-state index contributed by atoms with van der Waals surface area (Å²) in [7, 11) is 4.85. The predicted octanol–water partition coefficient (Wildman–Crippen LogP) is 2.20. The monoisotopic (exact) mass is 327 g/mol. The van der Waals surface area contributed by atoms with Gasteiger partial charge in [0.2, 0.25) is 5.78 Å². The Morgan fingerprint density at radius 2 is 1.71 bits per heavy atom. The van der Waals surface area contributed by atoms with Crippen molar-refractivity contribution >= 4 is 5.78 Å². The fraction of sp³-hybridized carbons (Fsp3) is 0.421. The topological polar surface area (TPSA) is 48.0 Å². The van der Waals surface area contributed by atoms with Crippen molar-refractivity contribution in [2.24, 2.45) is 0 Å². The molecule has 4 rings (SSSR count). The van der Waals surface area contributed by atoms with Crippen molar-refractivity contribution in [2.75, 3.05) is 34.4 Å². The smallest absolute Gasteiger partial charge is 0.220 e. The molecule has 126 valence electrons. The normalized spacial score (nSPS) is 25.2. The molecule has 5 heteroatoms. The molecule has 0 bridgehead atoms. The largest absolute Gasteiger partial charge is 0.493 e. The highest BCUT2D eigenvalue weighted by Gasteiger charge is 2.50. The first-order chi connectivity index (χ1) is 11.6. The number of allylic oxidation sites excluding steroid dienone is 1. The van der Waals surface area contributed by atoms with Gasteiger partial charge in [-0.3, -0.25) is 9.69 Å². The molecule has 0 saturated carbocycles. The first kappa shape index (κ1) is 15.3. The molecule has 1 aromatic carbocycles. The van der Waals surface area contributed by atoms with Gasteiger partial charge < -0.3 is 14.2 Å². The lowest BCUT2D eigenvalue weighted by molar-refractivity contribution is -0.114. The van der Waals surface area contributed by atoms with Crippen molar-refractivity contribution in [1.29, 1.82) is 0 Å². The van der Waals surface area contributed by atoms with E-state index in [-0.39, 0.29) is 5.78 Å². The van der Waals surface area contributed by atoms with Crippen LogP contribution in [0.5, 0.6) is 11.5 Å². The Morgan fingerprint density at radius 3 is 2.42 bits per heavy atom. The number of benzene rings is 1. The summed E-state index contributed by atoms with van der Waals surface area (Å²) in [4.78, 5) is 14.7. The van der Waals surface area contributed by atoms with Crippen LogP contribution in [0.25, 0.3) is 0 Å². The third-order valence-corrected chi connectivity index (χ3v) is 5.42. The minimum Gasteiger partial charge on any atom is -0.493 e. The number of methoxy groups -OCH3 is 3. The summed E-state index contributed by atoms with van der Waals surface area (Å²) in [6.07, 6.45) is 5.59. The number of fused-ring (bicyclic) bond motifs is 1. The Kier molecular flexibility index (Phi) is 3.42. The quantitative estimate of drug-likeness (QED) is 0.852. The summed E-state index contributed by atoms with van der Waals surface area (Å²) >= 11 is 0. The number of ether oxygens (including phenoxy) is 3. The minimum atomic E-state index is -0.396. The number of nitrogens with zero attached hydrogens (tertiary/aromatic N) is 1. The molecule has 24 heavy (non-hydrogen) atoms. The van der Waals surface area contributed by atoms with Gasteiger partial charge in [-0.2, -0.15) is 0 Å². The maximum absolute atomic E-state index is 12.2. The highest BCUT2D eigenvalue weighted by Crippen LogP contribution is 2.52. The average Bonchev–Trinajstić information content (AvgIpc) is 2.98. The van der Waals surface area contributed by atoms with Gasteiger partial charge in [0.25, 0.3) is 0 Å². The zero-order valence-corrected chi connectivity index (χ0v) is 14.2. The van der Waals surface area contributed by atoms with E-state index in [1.54, 1.807) is 27.4 Å². The molecule has 2 aliphatic heterocycles. The van der Waals surface area contributed by atoms with Crippen LogP contribution in [0.4, 0.5) is 0 Å². The molecule has 1 unspecified atom stereocenters. The number of ketones is 1.